The summed E-state index contributed by atoms with van der Waals surface area (Å²) < 4.78 is 17.6. The summed E-state index contributed by atoms with van der Waals surface area (Å²) in [6.07, 6.45) is 1.93. The SMILES string of the molecule is COC(=O)C1CCCN1CCSc1ccc(F)cc1. The van der Waals surface area contributed by atoms with E-state index in [0.29, 0.717) is 0 Å². The van der Waals surface area contributed by atoms with Gasteiger partial charge in [0.15, 0.2) is 0 Å². The summed E-state index contributed by atoms with van der Waals surface area (Å²) in [5.41, 5.74) is 0. The van der Waals surface area contributed by atoms with Crippen LogP contribution >= 0.6 is 11.8 Å². The molecule has 1 saturated heterocycles. The van der Waals surface area contributed by atoms with Crippen LogP contribution in [-0.2, 0) is 9.53 Å². The van der Waals surface area contributed by atoms with Gasteiger partial charge in [0.2, 0.25) is 0 Å². The van der Waals surface area contributed by atoms with Crippen LogP contribution in [-0.4, -0.2) is 42.9 Å². The van der Waals surface area contributed by atoms with E-state index >= 15 is 0 Å². The number of hydrogen-bond donors (Lipinski definition) is 0. The Hall–Kier alpha value is -1.07. The fraction of sp³-hybridized carbons (Fsp3) is 0.500. The minimum atomic E-state index is -0.213. The van der Waals surface area contributed by atoms with Crippen LogP contribution in [0.1, 0.15) is 12.8 Å². The van der Waals surface area contributed by atoms with Gasteiger partial charge in [-0.25, -0.2) is 4.39 Å². The Morgan fingerprint density at radius 1 is 1.47 bits per heavy atom. The van der Waals surface area contributed by atoms with E-state index in [1.54, 1.807) is 23.9 Å². The standard InChI is InChI=1S/C14H18FNO2S/c1-18-14(17)13-3-2-8-16(13)9-10-19-12-6-4-11(15)5-7-12/h4-7,13H,2-3,8-10H2,1H3. The Bertz CT molecular complexity index is 424. The van der Waals surface area contributed by atoms with E-state index in [2.05, 4.69) is 4.90 Å². The van der Waals surface area contributed by atoms with Crippen molar-refractivity contribution in [3.8, 4) is 0 Å². The summed E-state index contributed by atoms with van der Waals surface area (Å²) in [6, 6.07) is 6.41. The Morgan fingerprint density at radius 3 is 2.89 bits per heavy atom. The molecular weight excluding hydrogens is 265 g/mol. The zero-order valence-electron chi connectivity index (χ0n) is 11.0. The van der Waals surface area contributed by atoms with Crippen molar-refractivity contribution in [2.75, 3.05) is 26.0 Å². The molecule has 0 amide bonds. The molecule has 2 rings (SSSR count). The summed E-state index contributed by atoms with van der Waals surface area (Å²) >= 11 is 1.68. The van der Waals surface area contributed by atoms with Crippen molar-refractivity contribution in [3.63, 3.8) is 0 Å². The molecular formula is C14H18FNO2S. The number of halogens is 1. The van der Waals surface area contributed by atoms with Gasteiger partial charge in [-0.3, -0.25) is 9.69 Å². The molecule has 1 aliphatic rings. The van der Waals surface area contributed by atoms with Gasteiger partial charge in [-0.1, -0.05) is 0 Å². The van der Waals surface area contributed by atoms with Crippen LogP contribution in [0, 0.1) is 5.82 Å². The van der Waals surface area contributed by atoms with Gasteiger partial charge >= 0.3 is 5.97 Å². The summed E-state index contributed by atoms with van der Waals surface area (Å²) in [5, 5.41) is 0. The van der Waals surface area contributed by atoms with Crippen molar-refractivity contribution in [1.29, 1.82) is 0 Å². The minimum absolute atomic E-state index is 0.0844. The molecule has 1 aliphatic heterocycles. The quantitative estimate of drug-likeness (QED) is 0.613. The molecule has 0 aliphatic carbocycles. The Kier molecular flexibility index (Phi) is 5.22. The fourth-order valence-electron chi connectivity index (χ4n) is 2.31. The number of likely N-dealkylation sites (tertiary alicyclic amines) is 1. The molecule has 0 saturated carbocycles. The highest BCUT2D eigenvalue weighted by molar-refractivity contribution is 7.99. The van der Waals surface area contributed by atoms with Crippen LogP contribution in [0.25, 0.3) is 0 Å². The number of methoxy groups -OCH3 is 1. The van der Waals surface area contributed by atoms with Gasteiger partial charge in [0.1, 0.15) is 11.9 Å². The third-order valence-electron chi connectivity index (χ3n) is 3.30. The number of carbonyl (C=O) groups excluding carboxylic acids is 1. The van der Waals surface area contributed by atoms with Crippen LogP contribution in [0.3, 0.4) is 0 Å². The normalized spacial score (nSPS) is 19.6. The van der Waals surface area contributed by atoms with Crippen molar-refractivity contribution in [3.05, 3.63) is 30.1 Å². The molecule has 0 radical (unpaired) electrons. The second-order valence-electron chi connectivity index (χ2n) is 4.52. The van der Waals surface area contributed by atoms with E-state index < -0.39 is 0 Å². The first-order valence-corrected chi connectivity index (χ1v) is 7.39. The molecule has 1 aromatic carbocycles. The predicted octanol–water partition coefficient (Wildman–Crippen LogP) is 2.56. The molecule has 19 heavy (non-hydrogen) atoms. The average molecular weight is 283 g/mol. The molecule has 104 valence electrons. The number of rotatable bonds is 5. The van der Waals surface area contributed by atoms with Gasteiger partial charge in [0.25, 0.3) is 0 Å². The zero-order chi connectivity index (χ0) is 13.7. The second-order valence-corrected chi connectivity index (χ2v) is 5.69. The summed E-state index contributed by atoms with van der Waals surface area (Å²) in [6.45, 7) is 1.80. The minimum Gasteiger partial charge on any atom is -0.468 e. The van der Waals surface area contributed by atoms with Crippen molar-refractivity contribution < 1.29 is 13.9 Å². The van der Waals surface area contributed by atoms with Crippen LogP contribution in [0.4, 0.5) is 4.39 Å². The van der Waals surface area contributed by atoms with Crippen LogP contribution in [0.15, 0.2) is 29.2 Å². The third kappa shape index (κ3) is 3.94. The van der Waals surface area contributed by atoms with Gasteiger partial charge in [-0.05, 0) is 43.7 Å². The van der Waals surface area contributed by atoms with E-state index in [1.165, 1.54) is 19.2 Å². The average Bonchev–Trinajstić information content (AvgIpc) is 2.88. The molecule has 5 heteroatoms. The lowest BCUT2D eigenvalue weighted by Gasteiger charge is -2.21. The number of carbonyl (C=O) groups is 1. The van der Waals surface area contributed by atoms with Crippen molar-refractivity contribution in [2.45, 2.75) is 23.8 Å². The highest BCUT2D eigenvalue weighted by Gasteiger charge is 2.30. The maximum Gasteiger partial charge on any atom is 0.323 e. The van der Waals surface area contributed by atoms with E-state index in [9.17, 15) is 9.18 Å². The first kappa shape index (κ1) is 14.3. The largest absolute Gasteiger partial charge is 0.468 e. The maximum absolute atomic E-state index is 12.8. The Labute approximate surface area is 117 Å². The molecule has 0 N–H and O–H groups in total. The maximum atomic E-state index is 12.8. The highest BCUT2D eigenvalue weighted by Crippen LogP contribution is 2.22. The first-order valence-electron chi connectivity index (χ1n) is 6.41. The molecule has 3 nitrogen and oxygen atoms in total. The number of ether oxygens (including phenoxy) is 1. The van der Waals surface area contributed by atoms with Gasteiger partial charge in [-0.15, -0.1) is 11.8 Å². The van der Waals surface area contributed by atoms with Crippen LogP contribution in [0.5, 0.6) is 0 Å². The molecule has 1 heterocycles. The zero-order valence-corrected chi connectivity index (χ0v) is 11.8. The van der Waals surface area contributed by atoms with Crippen molar-refractivity contribution >= 4 is 17.7 Å². The van der Waals surface area contributed by atoms with Gasteiger partial charge in [0.05, 0.1) is 7.11 Å². The highest BCUT2D eigenvalue weighted by atomic mass is 32.2. The van der Waals surface area contributed by atoms with Gasteiger partial charge < -0.3 is 4.74 Å². The molecule has 1 fully saturated rings. The number of esters is 1. The number of nitrogens with zero attached hydrogens (tertiary/aromatic N) is 1. The van der Waals surface area contributed by atoms with Crippen molar-refractivity contribution in [1.82, 2.24) is 4.90 Å². The van der Waals surface area contributed by atoms with Gasteiger partial charge in [0, 0.05) is 17.2 Å². The lowest BCUT2D eigenvalue weighted by Crippen LogP contribution is -2.38. The smallest absolute Gasteiger partial charge is 0.323 e. The predicted molar refractivity (Wildman–Crippen MR) is 73.7 cm³/mol. The molecule has 0 bridgehead atoms. The number of hydrogen-bond acceptors (Lipinski definition) is 4. The molecule has 0 spiro atoms. The Balaban J connectivity index is 1.78. The lowest BCUT2D eigenvalue weighted by atomic mass is 10.2. The third-order valence-corrected chi connectivity index (χ3v) is 4.29. The summed E-state index contributed by atoms with van der Waals surface area (Å²) in [7, 11) is 1.44. The van der Waals surface area contributed by atoms with Crippen molar-refractivity contribution in [2.24, 2.45) is 0 Å². The first-order chi connectivity index (χ1) is 9.20. The molecule has 1 unspecified atom stereocenters. The van der Waals surface area contributed by atoms with Gasteiger partial charge in [-0.2, -0.15) is 0 Å². The van der Waals surface area contributed by atoms with Crippen LogP contribution in [0.2, 0.25) is 0 Å². The Morgan fingerprint density at radius 2 is 2.21 bits per heavy atom. The fourth-order valence-corrected chi connectivity index (χ4v) is 3.20. The van der Waals surface area contributed by atoms with E-state index in [1.807, 2.05) is 0 Å². The summed E-state index contributed by atoms with van der Waals surface area (Å²) in [5.74, 6) is 0.540. The second kappa shape index (κ2) is 6.91. The molecule has 1 aromatic rings. The number of benzene rings is 1. The lowest BCUT2D eigenvalue weighted by molar-refractivity contribution is -0.145. The number of thioether (sulfide) groups is 1. The van der Waals surface area contributed by atoms with E-state index in [4.69, 9.17) is 4.74 Å². The summed E-state index contributed by atoms with van der Waals surface area (Å²) in [4.78, 5) is 14.8. The van der Waals surface area contributed by atoms with Crippen LogP contribution < -0.4 is 0 Å². The van der Waals surface area contributed by atoms with E-state index in [0.717, 1.165) is 36.6 Å². The van der Waals surface area contributed by atoms with E-state index in [-0.39, 0.29) is 17.8 Å². The molecule has 0 aromatic heterocycles. The monoisotopic (exact) mass is 283 g/mol. The topological polar surface area (TPSA) is 29.5 Å². The molecule has 1 atom stereocenters.